The molecule has 0 heterocycles. The van der Waals surface area contributed by atoms with Crippen molar-refractivity contribution in [1.29, 1.82) is 0 Å². The smallest absolute Gasteiger partial charge is 0.0733 e. The fourth-order valence-corrected chi connectivity index (χ4v) is 1.11. The van der Waals surface area contributed by atoms with Crippen LogP contribution in [-0.2, 0) is 11.3 Å². The van der Waals surface area contributed by atoms with Gasteiger partial charge in [-0.15, -0.1) is 0 Å². The SMILES string of the molecule is C[C@@H](/C=C/CO)OCc1ccccc1. The fraction of sp³-hybridized carbons (Fsp3) is 0.333. The highest BCUT2D eigenvalue weighted by Gasteiger charge is 1.96. The summed E-state index contributed by atoms with van der Waals surface area (Å²) < 4.78 is 5.53. The van der Waals surface area contributed by atoms with Gasteiger partial charge >= 0.3 is 0 Å². The molecule has 1 atom stereocenters. The first kappa shape index (κ1) is 11.0. The van der Waals surface area contributed by atoms with Gasteiger partial charge in [0.05, 0.1) is 19.3 Å². The first-order chi connectivity index (χ1) is 6.83. The number of aliphatic hydroxyl groups excluding tert-OH is 1. The molecule has 0 saturated heterocycles. The first-order valence-electron chi connectivity index (χ1n) is 4.76. The standard InChI is InChI=1S/C12H16O2/c1-11(6-5-9-13)14-10-12-7-3-2-4-8-12/h2-8,11,13H,9-10H2,1H3/b6-5+/t11-/m0/s1. The summed E-state index contributed by atoms with van der Waals surface area (Å²) in [5.41, 5.74) is 1.16. The third kappa shape index (κ3) is 4.21. The van der Waals surface area contributed by atoms with E-state index in [4.69, 9.17) is 9.84 Å². The van der Waals surface area contributed by atoms with Gasteiger partial charge in [0.25, 0.3) is 0 Å². The number of aliphatic hydroxyl groups is 1. The van der Waals surface area contributed by atoms with Gasteiger partial charge in [-0.25, -0.2) is 0 Å². The molecule has 1 aromatic carbocycles. The van der Waals surface area contributed by atoms with Crippen LogP contribution in [0.1, 0.15) is 12.5 Å². The molecule has 0 aliphatic rings. The van der Waals surface area contributed by atoms with Crippen LogP contribution in [0.5, 0.6) is 0 Å². The molecular formula is C12H16O2. The summed E-state index contributed by atoms with van der Waals surface area (Å²) in [6.07, 6.45) is 3.58. The Labute approximate surface area is 84.8 Å². The lowest BCUT2D eigenvalue weighted by Crippen LogP contribution is -2.04. The summed E-state index contributed by atoms with van der Waals surface area (Å²) in [7, 11) is 0. The van der Waals surface area contributed by atoms with E-state index in [-0.39, 0.29) is 12.7 Å². The van der Waals surface area contributed by atoms with E-state index in [9.17, 15) is 0 Å². The van der Waals surface area contributed by atoms with Crippen molar-refractivity contribution in [2.75, 3.05) is 6.61 Å². The van der Waals surface area contributed by atoms with Gasteiger partial charge in [0, 0.05) is 0 Å². The van der Waals surface area contributed by atoms with Crippen molar-refractivity contribution in [3.63, 3.8) is 0 Å². The topological polar surface area (TPSA) is 29.5 Å². The van der Waals surface area contributed by atoms with Crippen molar-refractivity contribution >= 4 is 0 Å². The second-order valence-corrected chi connectivity index (χ2v) is 3.11. The van der Waals surface area contributed by atoms with E-state index in [2.05, 4.69) is 0 Å². The summed E-state index contributed by atoms with van der Waals surface area (Å²) in [4.78, 5) is 0. The maximum absolute atomic E-state index is 8.56. The second kappa shape index (κ2) is 6.35. The van der Waals surface area contributed by atoms with Crippen LogP contribution < -0.4 is 0 Å². The lowest BCUT2D eigenvalue weighted by atomic mass is 10.2. The Balaban J connectivity index is 2.30. The molecule has 0 bridgehead atoms. The summed E-state index contributed by atoms with van der Waals surface area (Å²) in [5, 5.41) is 8.56. The maximum atomic E-state index is 8.56. The minimum Gasteiger partial charge on any atom is -0.392 e. The Bertz CT molecular complexity index is 267. The van der Waals surface area contributed by atoms with Crippen molar-refractivity contribution in [3.8, 4) is 0 Å². The molecule has 0 aromatic heterocycles. The van der Waals surface area contributed by atoms with Crippen LogP contribution in [0.15, 0.2) is 42.5 Å². The quantitative estimate of drug-likeness (QED) is 0.724. The average Bonchev–Trinajstić information content (AvgIpc) is 2.25. The van der Waals surface area contributed by atoms with Gasteiger partial charge in [-0.1, -0.05) is 42.5 Å². The first-order valence-corrected chi connectivity index (χ1v) is 4.76. The molecule has 2 nitrogen and oxygen atoms in total. The second-order valence-electron chi connectivity index (χ2n) is 3.11. The zero-order valence-electron chi connectivity index (χ0n) is 8.39. The normalized spacial score (nSPS) is 13.3. The molecule has 1 N–H and O–H groups in total. The van der Waals surface area contributed by atoms with Crippen LogP contribution in [0.4, 0.5) is 0 Å². The lowest BCUT2D eigenvalue weighted by molar-refractivity contribution is 0.0836. The number of rotatable bonds is 5. The van der Waals surface area contributed by atoms with E-state index >= 15 is 0 Å². The molecular weight excluding hydrogens is 176 g/mol. The van der Waals surface area contributed by atoms with E-state index in [1.54, 1.807) is 6.08 Å². The van der Waals surface area contributed by atoms with Crippen LogP contribution in [0, 0.1) is 0 Å². The molecule has 0 aliphatic heterocycles. The molecule has 1 aromatic rings. The molecule has 0 fully saturated rings. The van der Waals surface area contributed by atoms with Gasteiger partial charge in [0.2, 0.25) is 0 Å². The van der Waals surface area contributed by atoms with E-state index in [1.165, 1.54) is 0 Å². The minimum atomic E-state index is 0.0438. The Morgan fingerprint density at radius 3 is 2.71 bits per heavy atom. The van der Waals surface area contributed by atoms with Crippen LogP contribution >= 0.6 is 0 Å². The highest BCUT2D eigenvalue weighted by atomic mass is 16.5. The van der Waals surface area contributed by atoms with Gasteiger partial charge in [0.15, 0.2) is 0 Å². The zero-order valence-corrected chi connectivity index (χ0v) is 8.39. The maximum Gasteiger partial charge on any atom is 0.0733 e. The summed E-state index contributed by atoms with van der Waals surface area (Å²) in [5.74, 6) is 0. The van der Waals surface area contributed by atoms with Crippen LogP contribution in [0.3, 0.4) is 0 Å². The fourth-order valence-electron chi connectivity index (χ4n) is 1.11. The highest BCUT2D eigenvalue weighted by molar-refractivity contribution is 5.13. The largest absolute Gasteiger partial charge is 0.392 e. The number of hydrogen-bond donors (Lipinski definition) is 1. The van der Waals surface area contributed by atoms with Gasteiger partial charge in [-0.2, -0.15) is 0 Å². The van der Waals surface area contributed by atoms with E-state index in [0.29, 0.717) is 6.61 Å². The molecule has 0 radical (unpaired) electrons. The number of benzene rings is 1. The predicted octanol–water partition coefficient (Wildman–Crippen LogP) is 2.14. The van der Waals surface area contributed by atoms with Crippen LogP contribution in [0.2, 0.25) is 0 Å². The third-order valence-electron chi connectivity index (χ3n) is 1.87. The number of hydrogen-bond acceptors (Lipinski definition) is 2. The van der Waals surface area contributed by atoms with Crippen molar-refractivity contribution < 1.29 is 9.84 Å². The molecule has 0 saturated carbocycles. The van der Waals surface area contributed by atoms with Crippen molar-refractivity contribution in [1.82, 2.24) is 0 Å². The predicted molar refractivity (Wildman–Crippen MR) is 56.9 cm³/mol. The molecule has 14 heavy (non-hydrogen) atoms. The molecule has 76 valence electrons. The molecule has 0 amide bonds. The third-order valence-corrected chi connectivity index (χ3v) is 1.87. The minimum absolute atomic E-state index is 0.0438. The Hall–Kier alpha value is -1.12. The molecule has 2 heteroatoms. The average molecular weight is 192 g/mol. The molecule has 1 rings (SSSR count). The zero-order chi connectivity index (χ0) is 10.2. The Morgan fingerprint density at radius 1 is 1.36 bits per heavy atom. The van der Waals surface area contributed by atoms with Crippen LogP contribution in [-0.4, -0.2) is 17.8 Å². The van der Waals surface area contributed by atoms with Gasteiger partial charge < -0.3 is 9.84 Å². The van der Waals surface area contributed by atoms with Gasteiger partial charge in [-0.3, -0.25) is 0 Å². The van der Waals surface area contributed by atoms with Crippen molar-refractivity contribution in [2.24, 2.45) is 0 Å². The monoisotopic (exact) mass is 192 g/mol. The summed E-state index contributed by atoms with van der Waals surface area (Å²) in [6.45, 7) is 2.63. The van der Waals surface area contributed by atoms with Gasteiger partial charge in [0.1, 0.15) is 0 Å². The molecule has 0 spiro atoms. The van der Waals surface area contributed by atoms with Crippen molar-refractivity contribution in [2.45, 2.75) is 19.6 Å². The Kier molecular flexibility index (Phi) is 4.97. The summed E-state index contributed by atoms with van der Waals surface area (Å²) >= 11 is 0. The Morgan fingerprint density at radius 2 is 2.07 bits per heavy atom. The lowest BCUT2D eigenvalue weighted by Gasteiger charge is -2.08. The molecule has 0 unspecified atom stereocenters. The van der Waals surface area contributed by atoms with E-state index < -0.39 is 0 Å². The van der Waals surface area contributed by atoms with E-state index in [0.717, 1.165) is 5.56 Å². The van der Waals surface area contributed by atoms with Crippen molar-refractivity contribution in [3.05, 3.63) is 48.0 Å². The molecule has 0 aliphatic carbocycles. The number of ether oxygens (including phenoxy) is 1. The van der Waals surface area contributed by atoms with Gasteiger partial charge in [-0.05, 0) is 12.5 Å². The van der Waals surface area contributed by atoms with Crippen LogP contribution in [0.25, 0.3) is 0 Å². The highest BCUT2D eigenvalue weighted by Crippen LogP contribution is 2.03. The van der Waals surface area contributed by atoms with E-state index in [1.807, 2.05) is 43.3 Å². The summed E-state index contributed by atoms with van der Waals surface area (Å²) in [6, 6.07) is 10.0.